The number of para-hydroxylation sites is 1. The van der Waals surface area contributed by atoms with E-state index >= 15 is 0 Å². The molecular weight excluding hydrogens is 360 g/mol. The predicted octanol–water partition coefficient (Wildman–Crippen LogP) is 6.41. The molecule has 0 aliphatic carbocycles. The summed E-state index contributed by atoms with van der Waals surface area (Å²) in [5.41, 5.74) is 9.03. The van der Waals surface area contributed by atoms with Gasteiger partial charge >= 0.3 is 0 Å². The van der Waals surface area contributed by atoms with Crippen molar-refractivity contribution in [3.05, 3.63) is 47.4 Å². The number of aryl methyl sites for hydroxylation is 1. The molecule has 0 aliphatic rings. The van der Waals surface area contributed by atoms with Gasteiger partial charge in [0.15, 0.2) is 5.76 Å². The van der Waals surface area contributed by atoms with Crippen LogP contribution in [-0.2, 0) is 16.0 Å². The summed E-state index contributed by atoms with van der Waals surface area (Å²) in [5, 5.41) is 1.24. The molecule has 0 atom stereocenters. The van der Waals surface area contributed by atoms with E-state index in [1.165, 1.54) is 62.3 Å². The molecule has 160 valence electrons. The van der Waals surface area contributed by atoms with Crippen LogP contribution < -0.4 is 5.73 Å². The Kier molecular flexibility index (Phi) is 10.4. The first-order chi connectivity index (χ1) is 14.2. The number of unbranched alkanes of at least 4 members (excludes halogenated alkanes) is 8. The van der Waals surface area contributed by atoms with Crippen LogP contribution in [0.25, 0.3) is 10.9 Å². The number of aromatic nitrogens is 1. The van der Waals surface area contributed by atoms with E-state index in [0.717, 1.165) is 36.8 Å². The fourth-order valence-corrected chi connectivity index (χ4v) is 4.04. The molecule has 1 aromatic carbocycles. The summed E-state index contributed by atoms with van der Waals surface area (Å²) in [5.74, 6) is -0.109. The number of hydrogen-bond acceptors (Lipinski definition) is 2. The molecule has 0 saturated carbocycles. The smallest absolute Gasteiger partial charge is 0.283 e. The molecule has 0 bridgehead atoms. The summed E-state index contributed by atoms with van der Waals surface area (Å²) in [7, 11) is 1.54. The van der Waals surface area contributed by atoms with E-state index in [0.29, 0.717) is 5.76 Å². The summed E-state index contributed by atoms with van der Waals surface area (Å²) in [4.78, 5) is 15.2. The molecule has 2 aromatic rings. The Morgan fingerprint density at radius 2 is 1.62 bits per heavy atom. The number of methoxy groups -OCH3 is 1. The first kappa shape index (κ1) is 23.1. The first-order valence-corrected chi connectivity index (χ1v) is 11.3. The van der Waals surface area contributed by atoms with E-state index in [9.17, 15) is 4.79 Å². The van der Waals surface area contributed by atoms with Crippen molar-refractivity contribution in [1.82, 2.24) is 4.98 Å². The Balaban J connectivity index is 1.85. The van der Waals surface area contributed by atoms with Crippen LogP contribution in [0.3, 0.4) is 0 Å². The number of nitrogens with two attached hydrogens (primary N) is 1. The van der Waals surface area contributed by atoms with Gasteiger partial charge in [-0.1, -0.05) is 76.5 Å². The SMILES string of the molecule is CCCCCCCCCCC/C(CCc1c[nH]c2ccccc12)=C(\OC)C(N)=O. The van der Waals surface area contributed by atoms with Gasteiger partial charge in [-0.2, -0.15) is 0 Å². The number of allylic oxidation sites excluding steroid dienone is 1. The number of carbonyl (C=O) groups is 1. The van der Waals surface area contributed by atoms with Gasteiger partial charge < -0.3 is 15.5 Å². The van der Waals surface area contributed by atoms with Gasteiger partial charge in [0, 0.05) is 17.1 Å². The number of rotatable bonds is 15. The lowest BCUT2D eigenvalue weighted by atomic mass is 9.97. The zero-order valence-electron chi connectivity index (χ0n) is 18.3. The summed E-state index contributed by atoms with van der Waals surface area (Å²) >= 11 is 0. The highest BCUT2D eigenvalue weighted by Crippen LogP contribution is 2.24. The number of hydrogen-bond donors (Lipinski definition) is 2. The Hall–Kier alpha value is -2.23. The predicted molar refractivity (Wildman–Crippen MR) is 122 cm³/mol. The first-order valence-electron chi connectivity index (χ1n) is 11.3. The maximum Gasteiger partial charge on any atom is 0.283 e. The van der Waals surface area contributed by atoms with Gasteiger partial charge in [-0.3, -0.25) is 4.79 Å². The van der Waals surface area contributed by atoms with Gasteiger partial charge in [-0.05, 0) is 42.9 Å². The monoisotopic (exact) mass is 398 g/mol. The van der Waals surface area contributed by atoms with Crippen LogP contribution in [0.1, 0.15) is 83.1 Å². The third kappa shape index (κ3) is 7.60. The lowest BCUT2D eigenvalue weighted by Crippen LogP contribution is -2.17. The minimum atomic E-state index is -0.461. The molecule has 29 heavy (non-hydrogen) atoms. The van der Waals surface area contributed by atoms with Gasteiger partial charge in [0.25, 0.3) is 5.91 Å². The number of ether oxygens (including phenoxy) is 1. The highest BCUT2D eigenvalue weighted by Gasteiger charge is 2.14. The van der Waals surface area contributed by atoms with Crippen molar-refractivity contribution >= 4 is 16.8 Å². The maximum atomic E-state index is 11.8. The molecule has 0 radical (unpaired) electrons. The molecule has 0 spiro atoms. The topological polar surface area (TPSA) is 68.1 Å². The van der Waals surface area contributed by atoms with Crippen molar-refractivity contribution in [2.24, 2.45) is 5.73 Å². The number of benzene rings is 1. The van der Waals surface area contributed by atoms with Crippen LogP contribution in [0.15, 0.2) is 41.8 Å². The quantitative estimate of drug-likeness (QED) is 0.207. The summed E-state index contributed by atoms with van der Waals surface area (Å²) in [6, 6.07) is 8.31. The highest BCUT2D eigenvalue weighted by atomic mass is 16.5. The van der Waals surface area contributed by atoms with Crippen molar-refractivity contribution < 1.29 is 9.53 Å². The number of nitrogens with one attached hydrogen (secondary N) is 1. The fourth-order valence-electron chi connectivity index (χ4n) is 4.04. The molecular formula is C25H38N2O2. The molecule has 4 nitrogen and oxygen atoms in total. The lowest BCUT2D eigenvalue weighted by molar-refractivity contribution is -0.117. The molecule has 4 heteroatoms. The number of primary amides is 1. The van der Waals surface area contributed by atoms with Crippen LogP contribution in [0.4, 0.5) is 0 Å². The van der Waals surface area contributed by atoms with Crippen LogP contribution in [0, 0.1) is 0 Å². The normalized spacial score (nSPS) is 12.2. The molecule has 1 heterocycles. The molecule has 0 fully saturated rings. The van der Waals surface area contributed by atoms with E-state index in [1.807, 2.05) is 6.07 Å². The molecule has 1 amide bonds. The van der Waals surface area contributed by atoms with Crippen molar-refractivity contribution in [3.63, 3.8) is 0 Å². The van der Waals surface area contributed by atoms with Crippen molar-refractivity contribution in [1.29, 1.82) is 0 Å². The minimum Gasteiger partial charge on any atom is -0.491 e. The zero-order valence-corrected chi connectivity index (χ0v) is 18.3. The Bertz CT molecular complexity index is 776. The molecule has 2 rings (SSSR count). The van der Waals surface area contributed by atoms with Gasteiger partial charge in [-0.15, -0.1) is 0 Å². The number of aromatic amines is 1. The van der Waals surface area contributed by atoms with Gasteiger partial charge in [0.05, 0.1) is 7.11 Å². The Morgan fingerprint density at radius 3 is 2.28 bits per heavy atom. The second kappa shape index (κ2) is 13.1. The molecule has 0 saturated heterocycles. The maximum absolute atomic E-state index is 11.8. The Morgan fingerprint density at radius 1 is 0.966 bits per heavy atom. The fraction of sp³-hybridized carbons (Fsp3) is 0.560. The molecule has 3 N–H and O–H groups in total. The second-order valence-corrected chi connectivity index (χ2v) is 7.94. The molecule has 0 unspecified atom stereocenters. The Labute approximate surface area is 175 Å². The van der Waals surface area contributed by atoms with Crippen LogP contribution in [-0.4, -0.2) is 18.0 Å². The number of fused-ring (bicyclic) bond motifs is 1. The standard InChI is InChI=1S/C25H38N2O2/c1-3-4-5-6-7-8-9-10-11-14-20(24(29-2)25(26)28)17-18-21-19-27-23-16-13-12-15-22(21)23/h12-13,15-16,19,27H,3-11,14,17-18H2,1-2H3,(H2,26,28)/b24-20+. The number of H-pyrrole nitrogens is 1. The van der Waals surface area contributed by atoms with Crippen molar-refractivity contribution in [2.45, 2.75) is 84.0 Å². The average molecular weight is 399 g/mol. The van der Waals surface area contributed by atoms with E-state index < -0.39 is 5.91 Å². The minimum absolute atomic E-state index is 0.351. The van der Waals surface area contributed by atoms with Crippen LogP contribution >= 0.6 is 0 Å². The lowest BCUT2D eigenvalue weighted by Gasteiger charge is -2.12. The van der Waals surface area contributed by atoms with E-state index in [1.54, 1.807) is 7.11 Å². The molecule has 0 aliphatic heterocycles. The zero-order chi connectivity index (χ0) is 20.9. The number of amides is 1. The third-order valence-electron chi connectivity index (χ3n) is 5.70. The largest absolute Gasteiger partial charge is 0.491 e. The van der Waals surface area contributed by atoms with E-state index in [2.05, 4.69) is 36.3 Å². The number of carbonyl (C=O) groups excluding carboxylic acids is 1. The summed E-state index contributed by atoms with van der Waals surface area (Å²) in [6.45, 7) is 2.25. The second-order valence-electron chi connectivity index (χ2n) is 7.94. The third-order valence-corrected chi connectivity index (χ3v) is 5.70. The van der Waals surface area contributed by atoms with Gasteiger partial charge in [-0.25, -0.2) is 0 Å². The molecule has 1 aromatic heterocycles. The average Bonchev–Trinajstić information content (AvgIpc) is 3.13. The highest BCUT2D eigenvalue weighted by molar-refractivity contribution is 5.90. The van der Waals surface area contributed by atoms with Crippen molar-refractivity contribution in [2.75, 3.05) is 7.11 Å². The van der Waals surface area contributed by atoms with E-state index in [4.69, 9.17) is 10.5 Å². The van der Waals surface area contributed by atoms with Crippen LogP contribution in [0.2, 0.25) is 0 Å². The van der Waals surface area contributed by atoms with Crippen LogP contribution in [0.5, 0.6) is 0 Å². The van der Waals surface area contributed by atoms with Gasteiger partial charge in [0.2, 0.25) is 0 Å². The van der Waals surface area contributed by atoms with Crippen molar-refractivity contribution in [3.8, 4) is 0 Å². The van der Waals surface area contributed by atoms with Gasteiger partial charge in [0.1, 0.15) is 0 Å². The van der Waals surface area contributed by atoms with E-state index in [-0.39, 0.29) is 0 Å². The summed E-state index contributed by atoms with van der Waals surface area (Å²) in [6.07, 6.45) is 16.2. The summed E-state index contributed by atoms with van der Waals surface area (Å²) < 4.78 is 5.36.